The van der Waals surface area contributed by atoms with E-state index in [9.17, 15) is 18.0 Å². The van der Waals surface area contributed by atoms with Gasteiger partial charge in [0, 0.05) is 43.3 Å². The van der Waals surface area contributed by atoms with Crippen molar-refractivity contribution >= 4 is 27.5 Å². The monoisotopic (exact) mass is 393 g/mol. The molecule has 8 heteroatoms. The molecule has 7 nitrogen and oxygen atoms in total. The summed E-state index contributed by atoms with van der Waals surface area (Å²) in [5, 5.41) is 0. The molecule has 0 aromatic heterocycles. The van der Waals surface area contributed by atoms with Crippen molar-refractivity contribution in [2.24, 2.45) is 5.92 Å². The molecule has 2 amide bonds. The summed E-state index contributed by atoms with van der Waals surface area (Å²) in [6.07, 6.45) is 6.57. The number of carbonyl (C=O) groups excluding carboxylic acids is 2. The van der Waals surface area contributed by atoms with E-state index < -0.39 is 10.0 Å². The summed E-state index contributed by atoms with van der Waals surface area (Å²) in [5.41, 5.74) is 0.943. The maximum absolute atomic E-state index is 12.7. The van der Waals surface area contributed by atoms with E-state index >= 15 is 0 Å². The molecule has 2 aliphatic rings. The number of anilines is 1. The Hall–Kier alpha value is -2.09. The average Bonchev–Trinajstić information content (AvgIpc) is 2.67. The largest absolute Gasteiger partial charge is 0.339 e. The Balaban J connectivity index is 1.54. The van der Waals surface area contributed by atoms with Crippen LogP contribution in [0, 0.1) is 5.92 Å². The first-order chi connectivity index (χ1) is 12.8. The Bertz CT molecular complexity index is 778. The van der Waals surface area contributed by atoms with Gasteiger partial charge >= 0.3 is 0 Å². The fourth-order valence-electron chi connectivity index (χ4n) is 3.82. The summed E-state index contributed by atoms with van der Waals surface area (Å²) < 4.78 is 24.9. The number of hydrogen-bond acceptors (Lipinski definition) is 4. The maximum atomic E-state index is 12.7. The highest BCUT2D eigenvalue weighted by Gasteiger charge is 2.29. The highest BCUT2D eigenvalue weighted by atomic mass is 32.2. The molecule has 0 unspecified atom stereocenters. The van der Waals surface area contributed by atoms with E-state index in [0.717, 1.165) is 31.9 Å². The molecule has 0 bridgehead atoms. The van der Waals surface area contributed by atoms with Crippen LogP contribution in [0.25, 0.3) is 0 Å². The molecule has 0 spiro atoms. The molecule has 1 aromatic carbocycles. The van der Waals surface area contributed by atoms with Gasteiger partial charge < -0.3 is 9.80 Å². The summed E-state index contributed by atoms with van der Waals surface area (Å²) in [6.45, 7) is 2.21. The van der Waals surface area contributed by atoms with Gasteiger partial charge in [-0.1, -0.05) is 19.3 Å². The summed E-state index contributed by atoms with van der Waals surface area (Å²) in [4.78, 5) is 28.9. The van der Waals surface area contributed by atoms with E-state index in [1.807, 2.05) is 4.90 Å². The van der Waals surface area contributed by atoms with Crippen molar-refractivity contribution in [2.45, 2.75) is 32.1 Å². The zero-order valence-electron chi connectivity index (χ0n) is 15.7. The van der Waals surface area contributed by atoms with E-state index in [0.29, 0.717) is 37.4 Å². The van der Waals surface area contributed by atoms with Gasteiger partial charge in [0.15, 0.2) is 0 Å². The van der Waals surface area contributed by atoms with Crippen LogP contribution in [0.15, 0.2) is 24.3 Å². The topological polar surface area (TPSA) is 86.8 Å². The Labute approximate surface area is 160 Å². The van der Waals surface area contributed by atoms with Crippen LogP contribution in [0.3, 0.4) is 0 Å². The first-order valence-corrected chi connectivity index (χ1v) is 11.4. The van der Waals surface area contributed by atoms with Crippen LogP contribution >= 0.6 is 0 Å². The molecule has 1 saturated carbocycles. The van der Waals surface area contributed by atoms with Gasteiger partial charge in [0.2, 0.25) is 15.9 Å². The van der Waals surface area contributed by atoms with Crippen molar-refractivity contribution < 1.29 is 18.0 Å². The fourth-order valence-corrected chi connectivity index (χ4v) is 4.38. The van der Waals surface area contributed by atoms with Crippen LogP contribution in [-0.2, 0) is 14.8 Å². The Kier molecular flexibility index (Phi) is 6.04. The lowest BCUT2D eigenvalue weighted by atomic mass is 9.88. The van der Waals surface area contributed by atoms with Crippen LogP contribution in [0.1, 0.15) is 42.5 Å². The molecule has 0 radical (unpaired) electrons. The molecule has 0 atom stereocenters. The first-order valence-electron chi connectivity index (χ1n) is 9.49. The predicted molar refractivity (Wildman–Crippen MR) is 104 cm³/mol. The van der Waals surface area contributed by atoms with Crippen LogP contribution in [0.5, 0.6) is 0 Å². The molecular formula is C19H27N3O4S. The van der Waals surface area contributed by atoms with E-state index in [1.165, 1.54) is 6.42 Å². The molecule has 1 aromatic rings. The SMILES string of the molecule is CS(=O)(=O)Nc1ccc(C(=O)N2CCN(C(=O)C3CCCCC3)CC2)cc1. The van der Waals surface area contributed by atoms with Gasteiger partial charge in [-0.05, 0) is 37.1 Å². The smallest absolute Gasteiger partial charge is 0.253 e. The quantitative estimate of drug-likeness (QED) is 0.847. The highest BCUT2D eigenvalue weighted by Crippen LogP contribution is 2.26. The fraction of sp³-hybridized carbons (Fsp3) is 0.579. The normalized spacial score (nSPS) is 19.0. The van der Waals surface area contributed by atoms with Gasteiger partial charge in [-0.3, -0.25) is 14.3 Å². The zero-order chi connectivity index (χ0) is 19.4. The summed E-state index contributed by atoms with van der Waals surface area (Å²) in [6, 6.07) is 6.40. The third kappa shape index (κ3) is 5.22. The van der Waals surface area contributed by atoms with Crippen molar-refractivity contribution in [3.63, 3.8) is 0 Å². The van der Waals surface area contributed by atoms with E-state index in [-0.39, 0.29) is 17.7 Å². The number of nitrogens with zero attached hydrogens (tertiary/aromatic N) is 2. The third-order valence-corrected chi connectivity index (χ3v) is 5.87. The van der Waals surface area contributed by atoms with Gasteiger partial charge in [-0.15, -0.1) is 0 Å². The number of benzene rings is 1. The molecule has 1 saturated heterocycles. The van der Waals surface area contributed by atoms with Crippen molar-refractivity contribution in [1.82, 2.24) is 9.80 Å². The number of rotatable bonds is 4. The molecule has 3 rings (SSSR count). The Morgan fingerprint density at radius 3 is 2.04 bits per heavy atom. The second-order valence-electron chi connectivity index (χ2n) is 7.40. The molecule has 2 fully saturated rings. The predicted octanol–water partition coefficient (Wildman–Crippen LogP) is 1.92. The van der Waals surface area contributed by atoms with E-state index in [1.54, 1.807) is 29.2 Å². The van der Waals surface area contributed by atoms with Crippen molar-refractivity contribution in [3.8, 4) is 0 Å². The second-order valence-corrected chi connectivity index (χ2v) is 9.15. The van der Waals surface area contributed by atoms with Crippen LogP contribution in [0.4, 0.5) is 5.69 Å². The lowest BCUT2D eigenvalue weighted by Crippen LogP contribution is -2.52. The Morgan fingerprint density at radius 1 is 0.926 bits per heavy atom. The molecule has 1 heterocycles. The number of hydrogen-bond donors (Lipinski definition) is 1. The van der Waals surface area contributed by atoms with Crippen molar-refractivity contribution in [1.29, 1.82) is 0 Å². The number of nitrogens with one attached hydrogen (secondary N) is 1. The summed E-state index contributed by atoms with van der Waals surface area (Å²) >= 11 is 0. The Morgan fingerprint density at radius 2 is 1.48 bits per heavy atom. The van der Waals surface area contributed by atoms with Gasteiger partial charge in [0.1, 0.15) is 0 Å². The first kappa shape index (κ1) is 19.7. The average molecular weight is 394 g/mol. The molecule has 1 N–H and O–H groups in total. The minimum atomic E-state index is -3.34. The lowest BCUT2D eigenvalue weighted by Gasteiger charge is -2.37. The minimum Gasteiger partial charge on any atom is -0.339 e. The van der Waals surface area contributed by atoms with Crippen LogP contribution in [-0.4, -0.2) is 62.5 Å². The molecule has 1 aliphatic heterocycles. The molecular weight excluding hydrogens is 366 g/mol. The van der Waals surface area contributed by atoms with Gasteiger partial charge in [-0.2, -0.15) is 0 Å². The van der Waals surface area contributed by atoms with Gasteiger partial charge in [0.05, 0.1) is 6.26 Å². The lowest BCUT2D eigenvalue weighted by molar-refractivity contribution is -0.138. The number of carbonyl (C=O) groups is 2. The van der Waals surface area contributed by atoms with E-state index in [4.69, 9.17) is 0 Å². The number of sulfonamides is 1. The molecule has 148 valence electrons. The maximum Gasteiger partial charge on any atom is 0.253 e. The number of amides is 2. The zero-order valence-corrected chi connectivity index (χ0v) is 16.5. The van der Waals surface area contributed by atoms with Gasteiger partial charge in [0.25, 0.3) is 5.91 Å². The third-order valence-electron chi connectivity index (χ3n) is 5.27. The molecule has 1 aliphatic carbocycles. The highest BCUT2D eigenvalue weighted by molar-refractivity contribution is 7.92. The van der Waals surface area contributed by atoms with E-state index in [2.05, 4.69) is 4.72 Å². The van der Waals surface area contributed by atoms with Crippen LogP contribution in [0.2, 0.25) is 0 Å². The summed E-state index contributed by atoms with van der Waals surface area (Å²) in [7, 11) is -3.34. The minimum absolute atomic E-state index is 0.0920. The van der Waals surface area contributed by atoms with Crippen molar-refractivity contribution in [3.05, 3.63) is 29.8 Å². The standard InChI is InChI=1S/C19H27N3O4S/c1-27(25,26)20-17-9-7-16(8-10-17)19(24)22-13-11-21(12-14-22)18(23)15-5-3-2-4-6-15/h7-10,15,20H,2-6,11-14H2,1H3. The van der Waals surface area contributed by atoms with Gasteiger partial charge in [-0.25, -0.2) is 8.42 Å². The van der Waals surface area contributed by atoms with Crippen molar-refractivity contribution in [2.75, 3.05) is 37.2 Å². The number of piperazine rings is 1. The van der Waals surface area contributed by atoms with Crippen LogP contribution < -0.4 is 4.72 Å². The summed E-state index contributed by atoms with van der Waals surface area (Å²) in [5.74, 6) is 0.319. The second kappa shape index (κ2) is 8.29. The molecule has 27 heavy (non-hydrogen) atoms.